The van der Waals surface area contributed by atoms with Crippen LogP contribution in [0.1, 0.15) is 44.9 Å². The number of hydrogen-bond donors (Lipinski definition) is 0. The molecule has 0 bridgehead atoms. The second kappa shape index (κ2) is 7.70. The van der Waals surface area contributed by atoms with Gasteiger partial charge in [0, 0.05) is 16.1 Å². The highest BCUT2D eigenvalue weighted by Gasteiger charge is 2.74. The van der Waals surface area contributed by atoms with Gasteiger partial charge in [-0.1, -0.05) is 67.1 Å². The lowest BCUT2D eigenvalue weighted by Gasteiger charge is -2.27. The largest absolute Gasteiger partial charge is 0.349 e. The van der Waals surface area contributed by atoms with Crippen molar-refractivity contribution in [1.82, 2.24) is 0 Å². The first-order valence-electron chi connectivity index (χ1n) is 11.5. The molecule has 3 aliphatic rings. The number of carbonyl (C=O) groups is 4. The van der Waals surface area contributed by atoms with Gasteiger partial charge >= 0.3 is 0 Å². The summed E-state index contributed by atoms with van der Waals surface area (Å²) >= 11 is 6.06. The highest BCUT2D eigenvalue weighted by Crippen LogP contribution is 2.57. The fourth-order valence-corrected chi connectivity index (χ4v) is 5.73. The normalized spacial score (nSPS) is 24.4. The van der Waals surface area contributed by atoms with Crippen molar-refractivity contribution in [2.24, 2.45) is 11.8 Å². The van der Waals surface area contributed by atoms with Gasteiger partial charge in [0.05, 0.1) is 23.6 Å². The summed E-state index contributed by atoms with van der Waals surface area (Å²) in [5, 5.41) is 0.491. The molecule has 0 aromatic heterocycles. The van der Waals surface area contributed by atoms with Crippen molar-refractivity contribution in [2.45, 2.75) is 25.0 Å². The third-order valence-electron chi connectivity index (χ3n) is 7.32. The lowest BCUT2D eigenvalue weighted by molar-refractivity contribution is -0.127. The maximum Gasteiger partial charge on any atom is 0.241 e. The van der Waals surface area contributed by atoms with E-state index in [4.69, 9.17) is 16.3 Å². The molecule has 3 aromatic rings. The highest BCUT2D eigenvalue weighted by atomic mass is 35.5. The zero-order valence-corrected chi connectivity index (χ0v) is 19.5. The summed E-state index contributed by atoms with van der Waals surface area (Å²) in [4.78, 5) is 56.3. The molecule has 0 saturated carbocycles. The number of nitrogens with zero attached hydrogens (tertiary/aromatic N) is 1. The zero-order valence-electron chi connectivity index (χ0n) is 18.7. The number of Topliss-reactive ketones (excluding diaryl/α,β-unsaturated/α-hetero) is 2. The van der Waals surface area contributed by atoms with Gasteiger partial charge in [-0.2, -0.15) is 0 Å². The molecule has 2 saturated heterocycles. The van der Waals surface area contributed by atoms with E-state index in [1.54, 1.807) is 60.7 Å². The van der Waals surface area contributed by atoms with Gasteiger partial charge in [0.15, 0.2) is 0 Å². The summed E-state index contributed by atoms with van der Waals surface area (Å²) in [5.41, 5.74) is 0.374. The van der Waals surface area contributed by atoms with Crippen LogP contribution in [0.5, 0.6) is 0 Å². The summed E-state index contributed by atoms with van der Waals surface area (Å²) in [6, 6.07) is 20.3. The summed E-state index contributed by atoms with van der Waals surface area (Å²) in [6.45, 7) is 2.01. The molecule has 7 heteroatoms. The van der Waals surface area contributed by atoms with Crippen molar-refractivity contribution in [3.8, 4) is 0 Å². The number of halogens is 1. The van der Waals surface area contributed by atoms with Gasteiger partial charge in [-0.05, 0) is 41.8 Å². The van der Waals surface area contributed by atoms with E-state index in [1.807, 2.05) is 19.1 Å². The van der Waals surface area contributed by atoms with Crippen LogP contribution in [0.2, 0.25) is 5.02 Å². The van der Waals surface area contributed by atoms with Crippen molar-refractivity contribution < 1.29 is 23.9 Å². The first kappa shape index (κ1) is 21.9. The Labute approximate surface area is 206 Å². The molecule has 2 amide bonds. The average molecular weight is 486 g/mol. The number of anilines is 1. The molecule has 35 heavy (non-hydrogen) atoms. The van der Waals surface area contributed by atoms with Gasteiger partial charge in [0.25, 0.3) is 0 Å². The maximum absolute atomic E-state index is 13.9. The Morgan fingerprint density at radius 1 is 0.829 bits per heavy atom. The van der Waals surface area contributed by atoms with E-state index in [0.29, 0.717) is 16.3 Å². The molecule has 3 aromatic carbocycles. The van der Waals surface area contributed by atoms with Crippen LogP contribution in [0.4, 0.5) is 5.69 Å². The molecule has 0 unspecified atom stereocenters. The van der Waals surface area contributed by atoms with Crippen LogP contribution >= 0.6 is 11.6 Å². The van der Waals surface area contributed by atoms with Gasteiger partial charge in [-0.3, -0.25) is 19.2 Å². The van der Waals surface area contributed by atoms with E-state index in [1.165, 1.54) is 0 Å². The minimum atomic E-state index is -2.08. The van der Waals surface area contributed by atoms with Crippen molar-refractivity contribution in [3.63, 3.8) is 0 Å². The average Bonchev–Trinajstić information content (AvgIpc) is 3.44. The molecule has 1 aliphatic carbocycles. The van der Waals surface area contributed by atoms with E-state index in [0.717, 1.165) is 16.9 Å². The Kier molecular flexibility index (Phi) is 4.82. The van der Waals surface area contributed by atoms with Crippen molar-refractivity contribution in [1.29, 1.82) is 0 Å². The van der Waals surface area contributed by atoms with Gasteiger partial charge in [0.1, 0.15) is 0 Å². The van der Waals surface area contributed by atoms with Crippen molar-refractivity contribution >= 4 is 40.7 Å². The number of carbonyl (C=O) groups excluding carboxylic acids is 4. The third-order valence-corrected chi connectivity index (χ3v) is 7.57. The second-order valence-electron chi connectivity index (χ2n) is 9.06. The molecule has 0 radical (unpaired) electrons. The Balaban J connectivity index is 1.52. The SMILES string of the molecule is CCc1ccc(N2C(=O)[C@H]3[C@@H](c4ccc(Cl)cc4)OC4(C(=O)c5ccccc5C4=O)[C@@H]3C2=O)cc1. The predicted octanol–water partition coefficient (Wildman–Crippen LogP) is 4.60. The second-order valence-corrected chi connectivity index (χ2v) is 9.50. The van der Waals surface area contributed by atoms with Crippen molar-refractivity contribution in [2.75, 3.05) is 4.90 Å². The number of rotatable bonds is 3. The number of benzene rings is 3. The molecule has 2 aliphatic heterocycles. The van der Waals surface area contributed by atoms with E-state index in [-0.39, 0.29) is 11.1 Å². The van der Waals surface area contributed by atoms with E-state index in [2.05, 4.69) is 0 Å². The fraction of sp³-hybridized carbons (Fsp3) is 0.214. The van der Waals surface area contributed by atoms with Gasteiger partial charge < -0.3 is 4.74 Å². The summed E-state index contributed by atoms with van der Waals surface area (Å²) in [6.07, 6.45) is -0.152. The lowest BCUT2D eigenvalue weighted by Crippen LogP contribution is -2.51. The molecular formula is C28H20ClNO5. The van der Waals surface area contributed by atoms with Crippen LogP contribution in [0, 0.1) is 11.8 Å². The highest BCUT2D eigenvalue weighted by molar-refractivity contribution is 6.37. The van der Waals surface area contributed by atoms with Crippen LogP contribution in [0.3, 0.4) is 0 Å². The smallest absolute Gasteiger partial charge is 0.241 e. The molecule has 2 heterocycles. The predicted molar refractivity (Wildman–Crippen MR) is 128 cm³/mol. The Morgan fingerprint density at radius 3 is 2.00 bits per heavy atom. The van der Waals surface area contributed by atoms with Crippen LogP contribution in [0.15, 0.2) is 72.8 Å². The van der Waals surface area contributed by atoms with Crippen LogP contribution in [0.25, 0.3) is 0 Å². The van der Waals surface area contributed by atoms with E-state index < -0.39 is 46.9 Å². The standard InChI is InChI=1S/C28H20ClNO5/c1-2-15-7-13-18(14-8-15)30-26(33)21-22(27(30)34)28(35-23(21)16-9-11-17(29)12-10-16)24(31)19-5-3-4-6-20(19)25(28)32/h3-14,21-23H,2H2,1H3/t21-,22+,23-/m1/s1. The zero-order chi connectivity index (χ0) is 24.5. The maximum atomic E-state index is 13.9. The number of amides is 2. The minimum absolute atomic E-state index is 0.207. The number of imide groups is 1. The molecular weight excluding hydrogens is 466 g/mol. The monoisotopic (exact) mass is 485 g/mol. The molecule has 6 rings (SSSR count). The summed E-state index contributed by atoms with van der Waals surface area (Å²) in [5.74, 6) is -4.54. The van der Waals surface area contributed by atoms with E-state index in [9.17, 15) is 19.2 Å². The molecule has 2 fully saturated rings. The number of aryl methyl sites for hydroxylation is 1. The van der Waals surface area contributed by atoms with Gasteiger partial charge in [-0.15, -0.1) is 0 Å². The molecule has 6 nitrogen and oxygen atoms in total. The number of hydrogen-bond acceptors (Lipinski definition) is 5. The first-order chi connectivity index (χ1) is 16.9. The Morgan fingerprint density at radius 2 is 1.43 bits per heavy atom. The van der Waals surface area contributed by atoms with E-state index >= 15 is 0 Å². The summed E-state index contributed by atoms with van der Waals surface area (Å²) < 4.78 is 6.26. The molecule has 174 valence electrons. The number of fused-ring (bicyclic) bond motifs is 3. The quantitative estimate of drug-likeness (QED) is 0.400. The first-order valence-corrected chi connectivity index (χ1v) is 11.8. The number of ketones is 2. The topological polar surface area (TPSA) is 80.8 Å². The summed E-state index contributed by atoms with van der Waals surface area (Å²) in [7, 11) is 0. The van der Waals surface area contributed by atoms with Gasteiger partial charge in [0.2, 0.25) is 29.0 Å². The van der Waals surface area contributed by atoms with Crippen LogP contribution in [-0.4, -0.2) is 29.0 Å². The lowest BCUT2D eigenvalue weighted by atomic mass is 9.77. The Bertz CT molecular complexity index is 1380. The van der Waals surface area contributed by atoms with Gasteiger partial charge in [-0.25, -0.2) is 4.90 Å². The fourth-order valence-electron chi connectivity index (χ4n) is 5.61. The van der Waals surface area contributed by atoms with Crippen LogP contribution < -0.4 is 4.90 Å². The molecule has 0 N–H and O–H groups in total. The molecule has 1 spiro atoms. The Hall–Kier alpha value is -3.61. The third kappa shape index (κ3) is 2.87. The molecule has 3 atom stereocenters. The van der Waals surface area contributed by atoms with Crippen LogP contribution in [-0.2, 0) is 20.7 Å². The minimum Gasteiger partial charge on any atom is -0.349 e. The number of ether oxygens (including phenoxy) is 1. The van der Waals surface area contributed by atoms with Crippen molar-refractivity contribution in [3.05, 3.63) is 100 Å².